The van der Waals surface area contributed by atoms with E-state index in [4.69, 9.17) is 10.3 Å². The monoisotopic (exact) mass is 297 g/mol. The molecule has 0 spiro atoms. The van der Waals surface area contributed by atoms with Crippen LogP contribution in [0.5, 0.6) is 0 Å². The Bertz CT molecular complexity index is 712. The number of aromatic nitrogens is 2. The maximum atomic E-state index is 5.92. The minimum atomic E-state index is 0.565. The van der Waals surface area contributed by atoms with E-state index in [9.17, 15) is 0 Å². The molecule has 2 N–H and O–H groups in total. The molecule has 5 heteroatoms. The van der Waals surface area contributed by atoms with E-state index in [2.05, 4.69) is 22.3 Å². The van der Waals surface area contributed by atoms with Crippen LogP contribution < -0.4 is 5.73 Å². The fourth-order valence-electron chi connectivity index (χ4n) is 1.94. The molecule has 0 radical (unpaired) electrons. The Morgan fingerprint density at radius 3 is 2.57 bits per heavy atom. The van der Waals surface area contributed by atoms with Crippen LogP contribution in [0.1, 0.15) is 17.3 Å². The molecular weight excluding hydrogens is 282 g/mol. The molecule has 0 bridgehead atoms. The number of nitrogens with zero attached hydrogens (tertiary/aromatic N) is 2. The molecule has 0 saturated carbocycles. The van der Waals surface area contributed by atoms with Crippen molar-refractivity contribution in [3.8, 4) is 0 Å². The Morgan fingerprint density at radius 1 is 1.00 bits per heavy atom. The van der Waals surface area contributed by atoms with Gasteiger partial charge in [0.05, 0.1) is 12.2 Å². The molecule has 0 aliphatic heterocycles. The van der Waals surface area contributed by atoms with Gasteiger partial charge in [0.1, 0.15) is 0 Å². The number of nitrogen functional groups attached to an aromatic ring is 1. The van der Waals surface area contributed by atoms with E-state index < -0.39 is 0 Å². The lowest BCUT2D eigenvalue weighted by atomic mass is 10.1. The summed E-state index contributed by atoms with van der Waals surface area (Å²) in [6, 6.07) is 17.9. The fourth-order valence-corrected chi connectivity index (χ4v) is 2.71. The molecule has 0 atom stereocenters. The average molecular weight is 297 g/mol. The third-order valence-electron chi connectivity index (χ3n) is 3.02. The zero-order chi connectivity index (χ0) is 14.5. The lowest BCUT2D eigenvalue weighted by molar-refractivity contribution is 0.381. The summed E-state index contributed by atoms with van der Waals surface area (Å²) in [5.41, 5.74) is 7.67. The van der Waals surface area contributed by atoms with Crippen molar-refractivity contribution in [3.63, 3.8) is 0 Å². The van der Waals surface area contributed by atoms with Crippen LogP contribution in [-0.2, 0) is 12.2 Å². The Balaban J connectivity index is 1.63. The predicted molar refractivity (Wildman–Crippen MR) is 84.0 cm³/mol. The van der Waals surface area contributed by atoms with E-state index in [1.54, 1.807) is 11.8 Å². The largest absolute Gasteiger partial charge is 0.398 e. The summed E-state index contributed by atoms with van der Waals surface area (Å²) < 4.78 is 5.28. The molecule has 4 nitrogen and oxygen atoms in total. The van der Waals surface area contributed by atoms with Crippen molar-refractivity contribution in [2.24, 2.45) is 0 Å². The third-order valence-corrected chi connectivity index (χ3v) is 4.03. The summed E-state index contributed by atoms with van der Waals surface area (Å²) in [5.74, 6) is 1.99. The maximum absolute atomic E-state index is 5.92. The minimum absolute atomic E-state index is 0.565. The van der Waals surface area contributed by atoms with Gasteiger partial charge in [0.15, 0.2) is 5.82 Å². The quantitative estimate of drug-likeness (QED) is 0.576. The van der Waals surface area contributed by atoms with Gasteiger partial charge in [-0.25, -0.2) is 0 Å². The standard InChI is InChI=1S/C16H15N3OS/c17-14-9-5-4-6-12(14)10-16-18-15(19-20-16)11-21-13-7-2-1-3-8-13/h1-9H,10-11,17H2. The van der Waals surface area contributed by atoms with Gasteiger partial charge in [-0.2, -0.15) is 4.98 Å². The number of rotatable bonds is 5. The SMILES string of the molecule is Nc1ccccc1Cc1nc(CSc2ccccc2)no1. The molecule has 0 amide bonds. The van der Waals surface area contributed by atoms with Gasteiger partial charge in [0.25, 0.3) is 0 Å². The second kappa shape index (κ2) is 6.45. The van der Waals surface area contributed by atoms with E-state index in [0.717, 1.165) is 11.3 Å². The molecule has 3 aromatic rings. The Hall–Kier alpha value is -2.27. The van der Waals surface area contributed by atoms with Gasteiger partial charge in [0.2, 0.25) is 5.89 Å². The van der Waals surface area contributed by atoms with Gasteiger partial charge in [-0.3, -0.25) is 0 Å². The van der Waals surface area contributed by atoms with Gasteiger partial charge < -0.3 is 10.3 Å². The molecule has 0 fully saturated rings. The zero-order valence-corrected chi connectivity index (χ0v) is 12.2. The number of nitrogens with two attached hydrogens (primary N) is 1. The molecule has 0 unspecified atom stereocenters. The summed E-state index contributed by atoms with van der Waals surface area (Å²) in [4.78, 5) is 5.60. The van der Waals surface area contributed by atoms with Crippen LogP contribution in [0.2, 0.25) is 0 Å². The second-order valence-corrected chi connectivity index (χ2v) is 5.63. The predicted octanol–water partition coefficient (Wildman–Crippen LogP) is 3.53. The molecular formula is C16H15N3OS. The normalized spacial score (nSPS) is 10.7. The van der Waals surface area contributed by atoms with Crippen molar-refractivity contribution < 1.29 is 4.52 Å². The summed E-state index contributed by atoms with van der Waals surface area (Å²) in [7, 11) is 0. The van der Waals surface area contributed by atoms with Gasteiger partial charge in [-0.15, -0.1) is 11.8 Å². The molecule has 3 rings (SSSR count). The highest BCUT2D eigenvalue weighted by Gasteiger charge is 2.09. The number of hydrogen-bond donors (Lipinski definition) is 1. The van der Waals surface area contributed by atoms with Crippen molar-refractivity contribution in [2.75, 3.05) is 5.73 Å². The molecule has 0 aliphatic carbocycles. The first kappa shape index (κ1) is 13.7. The number of thioether (sulfide) groups is 1. The van der Waals surface area contributed by atoms with Gasteiger partial charge in [-0.05, 0) is 23.8 Å². The third kappa shape index (κ3) is 3.64. The van der Waals surface area contributed by atoms with Crippen LogP contribution >= 0.6 is 11.8 Å². The van der Waals surface area contributed by atoms with Crippen molar-refractivity contribution in [1.82, 2.24) is 10.1 Å². The van der Waals surface area contributed by atoms with Crippen LogP contribution in [0.3, 0.4) is 0 Å². The Kier molecular flexibility index (Phi) is 4.21. The highest BCUT2D eigenvalue weighted by Crippen LogP contribution is 2.21. The van der Waals surface area contributed by atoms with E-state index in [0.29, 0.717) is 23.9 Å². The van der Waals surface area contributed by atoms with E-state index in [-0.39, 0.29) is 0 Å². The Morgan fingerprint density at radius 2 is 1.76 bits per heavy atom. The van der Waals surface area contributed by atoms with Crippen LogP contribution in [0.4, 0.5) is 5.69 Å². The van der Waals surface area contributed by atoms with Crippen molar-refractivity contribution >= 4 is 17.4 Å². The molecule has 1 aromatic heterocycles. The lowest BCUT2D eigenvalue weighted by Crippen LogP contribution is -1.95. The number of benzene rings is 2. The first-order valence-corrected chi connectivity index (χ1v) is 7.62. The maximum Gasteiger partial charge on any atom is 0.231 e. The second-order valence-electron chi connectivity index (χ2n) is 4.58. The van der Waals surface area contributed by atoms with Crippen LogP contribution in [-0.4, -0.2) is 10.1 Å². The molecule has 1 heterocycles. The number of para-hydroxylation sites is 1. The molecule has 0 aliphatic rings. The highest BCUT2D eigenvalue weighted by atomic mass is 32.2. The van der Waals surface area contributed by atoms with Crippen LogP contribution in [0.15, 0.2) is 64.0 Å². The first-order valence-electron chi connectivity index (χ1n) is 6.64. The fraction of sp³-hybridized carbons (Fsp3) is 0.125. The number of anilines is 1. The summed E-state index contributed by atoms with van der Waals surface area (Å²) >= 11 is 1.69. The molecule has 106 valence electrons. The molecule has 21 heavy (non-hydrogen) atoms. The molecule has 2 aromatic carbocycles. The average Bonchev–Trinajstić information content (AvgIpc) is 2.96. The topological polar surface area (TPSA) is 64.9 Å². The first-order chi connectivity index (χ1) is 10.3. The van der Waals surface area contributed by atoms with E-state index in [1.807, 2.05) is 42.5 Å². The van der Waals surface area contributed by atoms with E-state index >= 15 is 0 Å². The number of hydrogen-bond acceptors (Lipinski definition) is 5. The van der Waals surface area contributed by atoms with Gasteiger partial charge in [-0.1, -0.05) is 41.6 Å². The van der Waals surface area contributed by atoms with Crippen molar-refractivity contribution in [2.45, 2.75) is 17.1 Å². The van der Waals surface area contributed by atoms with Crippen LogP contribution in [0, 0.1) is 0 Å². The van der Waals surface area contributed by atoms with Gasteiger partial charge in [0, 0.05) is 10.6 Å². The summed E-state index contributed by atoms with van der Waals surface area (Å²) in [6.45, 7) is 0. The van der Waals surface area contributed by atoms with Crippen LogP contribution in [0.25, 0.3) is 0 Å². The lowest BCUT2D eigenvalue weighted by Gasteiger charge is -2.00. The summed E-state index contributed by atoms with van der Waals surface area (Å²) in [6.07, 6.45) is 0.565. The highest BCUT2D eigenvalue weighted by molar-refractivity contribution is 7.98. The minimum Gasteiger partial charge on any atom is -0.398 e. The molecule has 0 saturated heterocycles. The summed E-state index contributed by atoms with van der Waals surface area (Å²) in [5, 5.41) is 4.01. The van der Waals surface area contributed by atoms with Crippen molar-refractivity contribution in [1.29, 1.82) is 0 Å². The van der Waals surface area contributed by atoms with Gasteiger partial charge >= 0.3 is 0 Å². The zero-order valence-electron chi connectivity index (χ0n) is 11.4. The Labute approximate surface area is 127 Å². The van der Waals surface area contributed by atoms with E-state index in [1.165, 1.54) is 4.90 Å². The smallest absolute Gasteiger partial charge is 0.231 e. The van der Waals surface area contributed by atoms with Crippen molar-refractivity contribution in [3.05, 3.63) is 71.9 Å².